The first kappa shape index (κ1) is 27.2. The van der Waals surface area contributed by atoms with Gasteiger partial charge < -0.3 is 20.5 Å². The zero-order valence-corrected chi connectivity index (χ0v) is 22.0. The molecular weight excluding hydrogens is 464 g/mol. The quantitative estimate of drug-likeness (QED) is 0.426. The van der Waals surface area contributed by atoms with E-state index in [4.69, 9.17) is 10.5 Å². The molecule has 0 unspecified atom stereocenters. The highest BCUT2D eigenvalue weighted by Crippen LogP contribution is 2.39. The second-order valence-corrected chi connectivity index (χ2v) is 11.4. The molecule has 7 nitrogen and oxygen atoms in total. The van der Waals surface area contributed by atoms with Gasteiger partial charge in [-0.1, -0.05) is 32.6 Å². The molecule has 35 heavy (non-hydrogen) atoms. The highest BCUT2D eigenvalue weighted by atomic mass is 32.1. The maximum Gasteiger partial charge on any atom is 0.348 e. The molecule has 2 fully saturated rings. The van der Waals surface area contributed by atoms with Crippen LogP contribution in [0.4, 0.5) is 5.69 Å². The molecule has 192 valence electrons. The van der Waals surface area contributed by atoms with Crippen LogP contribution in [0, 0.1) is 29.6 Å². The number of anilines is 1. The summed E-state index contributed by atoms with van der Waals surface area (Å²) in [6, 6.07) is 0.953. The Labute approximate surface area is 212 Å². The lowest BCUT2D eigenvalue weighted by Gasteiger charge is -2.39. The largest absolute Gasteiger partial charge is 0.477 e. The molecule has 0 aromatic carbocycles. The van der Waals surface area contributed by atoms with E-state index in [9.17, 15) is 19.5 Å². The van der Waals surface area contributed by atoms with Crippen molar-refractivity contribution in [2.45, 2.75) is 97.2 Å². The lowest BCUT2D eigenvalue weighted by atomic mass is 9.81. The minimum atomic E-state index is -1.04. The number of esters is 1. The number of thiophene rings is 1. The van der Waals surface area contributed by atoms with E-state index in [1.807, 2.05) is 13.8 Å². The van der Waals surface area contributed by atoms with Crippen LogP contribution in [0.15, 0.2) is 6.07 Å². The molecule has 2 saturated carbocycles. The topological polar surface area (TPSA) is 110 Å². The Hall–Kier alpha value is -2.37. The van der Waals surface area contributed by atoms with Crippen molar-refractivity contribution in [1.82, 2.24) is 0 Å². The van der Waals surface area contributed by atoms with Crippen molar-refractivity contribution in [2.75, 3.05) is 4.90 Å². The Kier molecular flexibility index (Phi) is 9.37. The van der Waals surface area contributed by atoms with Gasteiger partial charge in [-0.15, -0.1) is 11.3 Å². The van der Waals surface area contributed by atoms with Crippen molar-refractivity contribution in [2.24, 2.45) is 23.5 Å². The van der Waals surface area contributed by atoms with Gasteiger partial charge in [0.15, 0.2) is 0 Å². The molecule has 0 bridgehead atoms. The standard InChI is InChI=1S/C27H38N2O5S/c1-16(2)5-14-22-15-23(24(35-22)26(31)32)29(25(30)19-8-6-17(3)7-9-19)20-10-12-21(13-11-20)34-27(33)18(4)28/h15-21H,6-13,28H2,1-4H3,(H,31,32)/t17-,18-,19-,20-,21-/m0/s1. The Balaban J connectivity index is 1.90. The van der Waals surface area contributed by atoms with Gasteiger partial charge in [0, 0.05) is 17.9 Å². The zero-order chi connectivity index (χ0) is 25.7. The van der Waals surface area contributed by atoms with Gasteiger partial charge in [-0.3, -0.25) is 9.59 Å². The van der Waals surface area contributed by atoms with Crippen LogP contribution in [0.3, 0.4) is 0 Å². The van der Waals surface area contributed by atoms with Gasteiger partial charge in [0.1, 0.15) is 17.0 Å². The first-order chi connectivity index (χ1) is 16.6. The summed E-state index contributed by atoms with van der Waals surface area (Å²) in [7, 11) is 0. The van der Waals surface area contributed by atoms with Crippen LogP contribution in [0.2, 0.25) is 0 Å². The number of carbonyl (C=O) groups is 3. The number of hydrogen-bond acceptors (Lipinski definition) is 6. The highest BCUT2D eigenvalue weighted by molar-refractivity contribution is 7.15. The monoisotopic (exact) mass is 502 g/mol. The second kappa shape index (κ2) is 12.0. The molecule has 1 heterocycles. The van der Waals surface area contributed by atoms with E-state index in [0.717, 1.165) is 37.0 Å². The van der Waals surface area contributed by atoms with Gasteiger partial charge in [-0.25, -0.2) is 4.79 Å². The first-order valence-electron chi connectivity index (χ1n) is 12.7. The Bertz CT molecular complexity index is 973. The predicted molar refractivity (Wildman–Crippen MR) is 137 cm³/mol. The van der Waals surface area contributed by atoms with Gasteiger partial charge in [-0.05, 0) is 70.3 Å². The maximum atomic E-state index is 13.9. The molecule has 0 radical (unpaired) electrons. The van der Waals surface area contributed by atoms with E-state index >= 15 is 0 Å². The number of aromatic carboxylic acids is 1. The first-order valence-corrected chi connectivity index (χ1v) is 13.6. The van der Waals surface area contributed by atoms with E-state index in [0.29, 0.717) is 42.2 Å². The van der Waals surface area contributed by atoms with E-state index in [1.165, 1.54) is 0 Å². The third-order valence-corrected chi connectivity index (χ3v) is 7.94. The fourth-order valence-electron chi connectivity index (χ4n) is 4.88. The van der Waals surface area contributed by atoms with Crippen molar-refractivity contribution in [3.63, 3.8) is 0 Å². The van der Waals surface area contributed by atoms with Crippen molar-refractivity contribution in [1.29, 1.82) is 0 Å². The summed E-state index contributed by atoms with van der Waals surface area (Å²) >= 11 is 1.13. The van der Waals surface area contributed by atoms with Crippen molar-refractivity contribution < 1.29 is 24.2 Å². The SMILES string of the molecule is CC(C)C#Cc1cc(N(C(=O)[C@H]2CC[C@H](C)CC2)[C@H]2CC[C@H](OC(=O)[C@H](C)N)CC2)c(C(=O)O)s1. The van der Waals surface area contributed by atoms with E-state index < -0.39 is 18.0 Å². The number of nitrogens with zero attached hydrogens (tertiary/aromatic N) is 1. The molecule has 1 aromatic rings. The molecule has 3 rings (SSSR count). The number of carbonyl (C=O) groups excluding carboxylic acids is 2. The molecule has 3 N–H and O–H groups in total. The zero-order valence-electron chi connectivity index (χ0n) is 21.2. The van der Waals surface area contributed by atoms with Crippen LogP contribution < -0.4 is 10.6 Å². The lowest BCUT2D eigenvalue weighted by Crippen LogP contribution is -2.47. The number of carboxylic acids is 1. The summed E-state index contributed by atoms with van der Waals surface area (Å²) in [4.78, 5) is 40.6. The van der Waals surface area contributed by atoms with Gasteiger partial charge in [-0.2, -0.15) is 0 Å². The summed E-state index contributed by atoms with van der Waals surface area (Å²) in [6.07, 6.45) is 5.92. The highest BCUT2D eigenvalue weighted by Gasteiger charge is 2.38. The molecule has 2 aliphatic rings. The maximum absolute atomic E-state index is 13.9. The Morgan fingerprint density at radius 2 is 1.71 bits per heavy atom. The third-order valence-electron chi connectivity index (χ3n) is 6.92. The summed E-state index contributed by atoms with van der Waals surface area (Å²) < 4.78 is 5.52. The predicted octanol–water partition coefficient (Wildman–Crippen LogP) is 4.81. The molecule has 8 heteroatoms. The molecule has 0 spiro atoms. The van der Waals surface area contributed by atoms with E-state index in [-0.39, 0.29) is 34.8 Å². The number of amides is 1. The fraction of sp³-hybridized carbons (Fsp3) is 0.667. The van der Waals surface area contributed by atoms with Crippen LogP contribution in [-0.2, 0) is 14.3 Å². The van der Waals surface area contributed by atoms with Crippen molar-refractivity contribution in [3.05, 3.63) is 15.8 Å². The minimum Gasteiger partial charge on any atom is -0.477 e. The van der Waals surface area contributed by atoms with Crippen LogP contribution in [0.5, 0.6) is 0 Å². The molecule has 0 aliphatic heterocycles. The summed E-state index contributed by atoms with van der Waals surface area (Å²) in [5, 5.41) is 9.98. The molecule has 0 saturated heterocycles. The summed E-state index contributed by atoms with van der Waals surface area (Å²) in [5.41, 5.74) is 6.09. The number of ether oxygens (including phenoxy) is 1. The number of hydrogen-bond donors (Lipinski definition) is 2. The summed E-state index contributed by atoms with van der Waals surface area (Å²) in [5.74, 6) is 5.38. The Morgan fingerprint density at radius 3 is 2.26 bits per heavy atom. The smallest absolute Gasteiger partial charge is 0.348 e. The third kappa shape index (κ3) is 7.08. The molecule has 2 aliphatic carbocycles. The van der Waals surface area contributed by atoms with Crippen LogP contribution in [0.25, 0.3) is 0 Å². The number of carboxylic acid groups (broad SMARTS) is 1. The average Bonchev–Trinajstić information content (AvgIpc) is 3.23. The van der Waals surface area contributed by atoms with Gasteiger partial charge in [0.05, 0.1) is 10.6 Å². The van der Waals surface area contributed by atoms with Gasteiger partial charge in [0.2, 0.25) is 5.91 Å². The molecule has 1 aromatic heterocycles. The van der Waals surface area contributed by atoms with Crippen LogP contribution >= 0.6 is 11.3 Å². The van der Waals surface area contributed by atoms with Gasteiger partial charge >= 0.3 is 11.9 Å². The fourth-order valence-corrected chi connectivity index (χ4v) is 5.73. The average molecular weight is 503 g/mol. The van der Waals surface area contributed by atoms with Crippen LogP contribution in [-0.4, -0.2) is 41.1 Å². The van der Waals surface area contributed by atoms with Crippen LogP contribution in [0.1, 0.15) is 93.6 Å². The lowest BCUT2D eigenvalue weighted by molar-refractivity contribution is -0.152. The van der Waals surface area contributed by atoms with Crippen molar-refractivity contribution in [3.8, 4) is 11.8 Å². The second-order valence-electron chi connectivity index (χ2n) is 10.4. The normalized spacial score (nSPS) is 25.3. The molecule has 1 atom stereocenters. The van der Waals surface area contributed by atoms with Gasteiger partial charge in [0.25, 0.3) is 0 Å². The number of rotatable bonds is 6. The van der Waals surface area contributed by atoms with Crippen molar-refractivity contribution >= 4 is 34.9 Å². The number of nitrogens with two attached hydrogens (primary N) is 1. The molecule has 1 amide bonds. The van der Waals surface area contributed by atoms with E-state index in [2.05, 4.69) is 18.8 Å². The molecular formula is C27H38N2O5S. The Morgan fingerprint density at radius 1 is 1.09 bits per heavy atom. The summed E-state index contributed by atoms with van der Waals surface area (Å²) in [6.45, 7) is 7.78. The minimum absolute atomic E-state index is 0.0107. The van der Waals surface area contributed by atoms with E-state index in [1.54, 1.807) is 17.9 Å².